The van der Waals surface area contributed by atoms with Crippen LogP contribution in [0.25, 0.3) is 21.9 Å². The first-order valence-electron chi connectivity index (χ1n) is 8.99. The number of benzene rings is 2. The largest absolute Gasteiger partial charge is 0.342 e. The molecule has 0 aliphatic carbocycles. The van der Waals surface area contributed by atoms with E-state index in [0.717, 1.165) is 11.1 Å². The summed E-state index contributed by atoms with van der Waals surface area (Å²) in [7, 11) is 0. The fourth-order valence-corrected chi connectivity index (χ4v) is 3.93. The molecule has 0 aliphatic heterocycles. The average molecular weight is 420 g/mol. The van der Waals surface area contributed by atoms with E-state index in [9.17, 15) is 19.2 Å². The minimum absolute atomic E-state index is 0.0746. The summed E-state index contributed by atoms with van der Waals surface area (Å²) in [5.41, 5.74) is 0.892. The molecule has 4 N–H and O–H groups in total. The summed E-state index contributed by atoms with van der Waals surface area (Å²) in [4.78, 5) is 49.4. The predicted octanol–water partition coefficient (Wildman–Crippen LogP) is 2.31. The van der Waals surface area contributed by atoms with E-state index in [1.165, 1.54) is 23.5 Å². The number of fused-ring (bicyclic) bond motifs is 1. The van der Waals surface area contributed by atoms with Crippen LogP contribution in [0.5, 0.6) is 0 Å². The minimum Gasteiger partial charge on any atom is -0.342 e. The molecule has 0 bridgehead atoms. The van der Waals surface area contributed by atoms with Gasteiger partial charge in [0, 0.05) is 5.56 Å². The fraction of sp³-hybridized carbons (Fsp3) is 0.0476. The van der Waals surface area contributed by atoms with Gasteiger partial charge < -0.3 is 10.6 Å². The molecule has 2 aromatic heterocycles. The van der Waals surface area contributed by atoms with Gasteiger partial charge in [-0.2, -0.15) is 0 Å². The van der Waals surface area contributed by atoms with E-state index >= 15 is 0 Å². The zero-order chi connectivity index (χ0) is 21.1. The summed E-state index contributed by atoms with van der Waals surface area (Å²) in [6, 6.07) is 15.9. The number of aromatic nitrogens is 2. The monoisotopic (exact) mass is 420 g/mol. The average Bonchev–Trinajstić information content (AvgIpc) is 3.25. The van der Waals surface area contributed by atoms with Crippen LogP contribution in [0.3, 0.4) is 0 Å². The summed E-state index contributed by atoms with van der Waals surface area (Å²) in [6.45, 7) is -0.289. The molecule has 150 valence electrons. The van der Waals surface area contributed by atoms with Gasteiger partial charge in [0.2, 0.25) is 5.91 Å². The number of carbonyl (C=O) groups is 2. The zero-order valence-electron chi connectivity index (χ0n) is 15.5. The molecule has 2 amide bonds. The molecule has 0 aliphatic rings. The minimum atomic E-state index is -0.532. The van der Waals surface area contributed by atoms with Gasteiger partial charge in [0.25, 0.3) is 17.0 Å². The van der Waals surface area contributed by atoms with Gasteiger partial charge in [-0.15, -0.1) is 11.3 Å². The van der Waals surface area contributed by atoms with Crippen molar-refractivity contribution in [2.75, 3.05) is 11.9 Å². The van der Waals surface area contributed by atoms with Gasteiger partial charge in [0.05, 0.1) is 27.9 Å². The number of aromatic amines is 2. The number of H-pyrrole nitrogens is 2. The summed E-state index contributed by atoms with van der Waals surface area (Å²) in [5.74, 6) is -0.889. The van der Waals surface area contributed by atoms with E-state index in [-0.39, 0.29) is 28.9 Å². The van der Waals surface area contributed by atoms with E-state index in [1.54, 1.807) is 6.07 Å². The maximum atomic E-state index is 12.6. The molecule has 0 spiro atoms. The Hall–Kier alpha value is -3.98. The van der Waals surface area contributed by atoms with Crippen molar-refractivity contribution in [1.82, 2.24) is 15.5 Å². The number of carbonyl (C=O) groups excluding carboxylic acids is 2. The lowest BCUT2D eigenvalue weighted by atomic mass is 10.1. The van der Waals surface area contributed by atoms with Gasteiger partial charge in [-0.1, -0.05) is 36.4 Å². The molecule has 0 fully saturated rings. The highest BCUT2D eigenvalue weighted by Gasteiger charge is 2.16. The van der Waals surface area contributed by atoms with E-state index in [1.807, 2.05) is 41.8 Å². The molecule has 9 heteroatoms. The Morgan fingerprint density at radius 2 is 1.67 bits per heavy atom. The molecule has 8 nitrogen and oxygen atoms in total. The van der Waals surface area contributed by atoms with Crippen LogP contribution in [0.4, 0.5) is 5.69 Å². The van der Waals surface area contributed by atoms with Crippen LogP contribution in [0, 0.1) is 0 Å². The molecule has 0 saturated heterocycles. The third kappa shape index (κ3) is 3.78. The summed E-state index contributed by atoms with van der Waals surface area (Å²) in [5, 5.41) is 11.7. The van der Waals surface area contributed by atoms with Crippen LogP contribution in [0.2, 0.25) is 0 Å². The first-order valence-corrected chi connectivity index (χ1v) is 9.87. The normalized spacial score (nSPS) is 10.7. The van der Waals surface area contributed by atoms with Gasteiger partial charge in [-0.25, -0.2) is 0 Å². The third-order valence-electron chi connectivity index (χ3n) is 4.47. The van der Waals surface area contributed by atoms with Gasteiger partial charge in [-0.05, 0) is 29.1 Å². The molecule has 4 rings (SSSR count). The second-order valence-electron chi connectivity index (χ2n) is 6.40. The second-order valence-corrected chi connectivity index (χ2v) is 7.31. The van der Waals surface area contributed by atoms with Crippen molar-refractivity contribution in [3.05, 3.63) is 85.6 Å². The third-order valence-corrected chi connectivity index (χ3v) is 5.38. The molecule has 30 heavy (non-hydrogen) atoms. The smallest absolute Gasteiger partial charge is 0.272 e. The number of rotatable bonds is 5. The molecule has 2 aromatic carbocycles. The van der Waals surface area contributed by atoms with Crippen LogP contribution < -0.4 is 21.8 Å². The maximum absolute atomic E-state index is 12.6. The Labute approximate surface area is 173 Å². The lowest BCUT2D eigenvalue weighted by molar-refractivity contribution is -0.115. The van der Waals surface area contributed by atoms with Crippen LogP contribution in [0.15, 0.2) is 69.6 Å². The van der Waals surface area contributed by atoms with Crippen LogP contribution >= 0.6 is 11.3 Å². The van der Waals surface area contributed by atoms with Crippen molar-refractivity contribution in [2.45, 2.75) is 0 Å². The highest BCUT2D eigenvalue weighted by molar-refractivity contribution is 7.12. The fourth-order valence-electron chi connectivity index (χ4n) is 3.10. The summed E-state index contributed by atoms with van der Waals surface area (Å²) >= 11 is 1.29. The van der Waals surface area contributed by atoms with Crippen molar-refractivity contribution in [3.63, 3.8) is 0 Å². The molecule has 4 aromatic rings. The van der Waals surface area contributed by atoms with Crippen LogP contribution in [-0.2, 0) is 4.79 Å². The van der Waals surface area contributed by atoms with Crippen molar-refractivity contribution in [2.24, 2.45) is 0 Å². The standard InChI is InChI=1S/C21H16N4O4S/c26-16(23-15-8-4-7-14-17(15)20(28)25-24-19(14)27)11-22-21(29)18-13(9-10-30-18)12-5-2-1-3-6-12/h1-10H,11H2,(H,22,29)(H,23,26)(H,24,27)(H,25,28). The van der Waals surface area contributed by atoms with E-state index in [0.29, 0.717) is 4.88 Å². The summed E-state index contributed by atoms with van der Waals surface area (Å²) < 4.78 is 0. The van der Waals surface area contributed by atoms with Gasteiger partial charge >= 0.3 is 0 Å². The Morgan fingerprint density at radius 3 is 2.47 bits per heavy atom. The van der Waals surface area contributed by atoms with Gasteiger partial charge in [-0.3, -0.25) is 29.4 Å². The van der Waals surface area contributed by atoms with Crippen LogP contribution in [0.1, 0.15) is 9.67 Å². The molecule has 0 saturated carbocycles. The lowest BCUT2D eigenvalue weighted by Crippen LogP contribution is -2.33. The summed E-state index contributed by atoms with van der Waals surface area (Å²) in [6.07, 6.45) is 0. The number of hydrogen-bond acceptors (Lipinski definition) is 5. The van der Waals surface area contributed by atoms with Crippen molar-refractivity contribution in [3.8, 4) is 11.1 Å². The highest BCUT2D eigenvalue weighted by Crippen LogP contribution is 2.28. The number of hydrogen-bond donors (Lipinski definition) is 4. The van der Waals surface area contributed by atoms with Gasteiger partial charge in [0.15, 0.2) is 0 Å². The highest BCUT2D eigenvalue weighted by atomic mass is 32.1. The molecule has 2 heterocycles. The van der Waals surface area contributed by atoms with Crippen LogP contribution in [-0.4, -0.2) is 28.6 Å². The Kier molecular flexibility index (Phi) is 5.27. The Morgan fingerprint density at radius 1 is 0.900 bits per heavy atom. The predicted molar refractivity (Wildman–Crippen MR) is 116 cm³/mol. The van der Waals surface area contributed by atoms with Crippen molar-refractivity contribution >= 4 is 39.6 Å². The SMILES string of the molecule is O=C(CNC(=O)c1sccc1-c1ccccc1)Nc1cccc2c(=O)[nH][nH]c(=O)c12. The van der Waals surface area contributed by atoms with E-state index in [4.69, 9.17) is 0 Å². The molecule has 0 atom stereocenters. The lowest BCUT2D eigenvalue weighted by Gasteiger charge is -2.09. The van der Waals surface area contributed by atoms with Crippen molar-refractivity contribution < 1.29 is 9.59 Å². The Balaban J connectivity index is 1.48. The first-order chi connectivity index (χ1) is 14.5. The molecular formula is C21H16N4O4S. The van der Waals surface area contributed by atoms with Gasteiger partial charge in [0.1, 0.15) is 0 Å². The quantitative estimate of drug-likeness (QED) is 0.395. The molecule has 0 unspecified atom stereocenters. The topological polar surface area (TPSA) is 124 Å². The first kappa shape index (κ1) is 19.3. The number of amides is 2. The second kappa shape index (κ2) is 8.18. The zero-order valence-corrected chi connectivity index (χ0v) is 16.3. The number of thiophene rings is 1. The van der Waals surface area contributed by atoms with Crippen molar-refractivity contribution in [1.29, 1.82) is 0 Å². The molecular weight excluding hydrogens is 404 g/mol. The maximum Gasteiger partial charge on any atom is 0.272 e. The molecule has 0 radical (unpaired) electrons. The Bertz CT molecular complexity index is 1350. The number of nitrogens with one attached hydrogen (secondary N) is 4. The van der Waals surface area contributed by atoms with E-state index in [2.05, 4.69) is 20.8 Å². The van der Waals surface area contributed by atoms with E-state index < -0.39 is 17.0 Å². The number of anilines is 1.